The summed E-state index contributed by atoms with van der Waals surface area (Å²) in [6.07, 6.45) is 0.909. The van der Waals surface area contributed by atoms with Crippen LogP contribution in [0.25, 0.3) is 0 Å². The summed E-state index contributed by atoms with van der Waals surface area (Å²) in [5.41, 5.74) is 0. The van der Waals surface area contributed by atoms with E-state index in [0.29, 0.717) is 6.54 Å². The summed E-state index contributed by atoms with van der Waals surface area (Å²) in [7, 11) is 3.02. The van der Waals surface area contributed by atoms with Gasteiger partial charge in [0, 0.05) is 6.54 Å². The molecule has 0 rings (SSSR count). The molecule has 0 aromatic heterocycles. The van der Waals surface area contributed by atoms with E-state index in [-0.39, 0.29) is 25.0 Å². The van der Waals surface area contributed by atoms with Crippen molar-refractivity contribution in [2.75, 3.05) is 33.8 Å². The van der Waals surface area contributed by atoms with Crippen LogP contribution in [0.3, 0.4) is 0 Å². The van der Waals surface area contributed by atoms with Gasteiger partial charge in [-0.2, -0.15) is 0 Å². The highest BCUT2D eigenvalue weighted by molar-refractivity contribution is 5.79. The zero-order valence-electron chi connectivity index (χ0n) is 9.00. The molecule has 0 fully saturated rings. The lowest BCUT2D eigenvalue weighted by molar-refractivity contribution is -0.141. The minimum absolute atomic E-state index is 0.0711. The second-order valence-electron chi connectivity index (χ2n) is 3.10. The Morgan fingerprint density at radius 2 is 2.00 bits per heavy atom. The zero-order valence-corrected chi connectivity index (χ0v) is 9.00. The molecule has 0 aliphatic heterocycles. The zero-order chi connectivity index (χ0) is 11.0. The van der Waals surface area contributed by atoms with Gasteiger partial charge in [0.15, 0.2) is 0 Å². The van der Waals surface area contributed by atoms with Crippen LogP contribution in [-0.4, -0.2) is 50.6 Å². The second kappa shape index (κ2) is 7.32. The lowest BCUT2D eigenvalue weighted by Crippen LogP contribution is -2.38. The van der Waals surface area contributed by atoms with Crippen LogP contribution < -0.4 is 5.32 Å². The van der Waals surface area contributed by atoms with Crippen molar-refractivity contribution in [3.8, 4) is 0 Å². The summed E-state index contributed by atoms with van der Waals surface area (Å²) in [5, 5.41) is 2.72. The molecule has 0 aromatic carbocycles. The predicted octanol–water partition coefficient (Wildman–Crippen LogP) is -0.383. The molecule has 0 aromatic rings. The smallest absolute Gasteiger partial charge is 0.319 e. The number of ether oxygens (including phenoxy) is 1. The molecular formula is C9H18N2O3. The molecule has 0 unspecified atom stereocenters. The van der Waals surface area contributed by atoms with Crippen LogP contribution in [0.15, 0.2) is 0 Å². The van der Waals surface area contributed by atoms with Crippen molar-refractivity contribution in [2.45, 2.75) is 13.3 Å². The molecule has 0 bridgehead atoms. The second-order valence-corrected chi connectivity index (χ2v) is 3.10. The Kier molecular flexibility index (Phi) is 6.74. The van der Waals surface area contributed by atoms with Crippen molar-refractivity contribution in [1.29, 1.82) is 0 Å². The van der Waals surface area contributed by atoms with E-state index in [9.17, 15) is 9.59 Å². The van der Waals surface area contributed by atoms with E-state index in [4.69, 9.17) is 0 Å². The molecule has 1 amide bonds. The van der Waals surface area contributed by atoms with Crippen LogP contribution in [0.5, 0.6) is 0 Å². The van der Waals surface area contributed by atoms with E-state index in [0.717, 1.165) is 6.42 Å². The number of amides is 1. The van der Waals surface area contributed by atoms with Gasteiger partial charge in [-0.15, -0.1) is 0 Å². The van der Waals surface area contributed by atoms with Gasteiger partial charge in [0.1, 0.15) is 0 Å². The van der Waals surface area contributed by atoms with Crippen molar-refractivity contribution in [3.05, 3.63) is 0 Å². The highest BCUT2D eigenvalue weighted by Crippen LogP contribution is 1.84. The Labute approximate surface area is 84.4 Å². The molecule has 14 heavy (non-hydrogen) atoms. The van der Waals surface area contributed by atoms with E-state index >= 15 is 0 Å². The van der Waals surface area contributed by atoms with Crippen molar-refractivity contribution < 1.29 is 14.3 Å². The number of nitrogens with one attached hydrogen (secondary N) is 1. The third kappa shape index (κ3) is 6.42. The van der Waals surface area contributed by atoms with Crippen molar-refractivity contribution in [1.82, 2.24) is 10.2 Å². The van der Waals surface area contributed by atoms with Gasteiger partial charge in [-0.3, -0.25) is 14.5 Å². The topological polar surface area (TPSA) is 58.6 Å². The molecule has 5 nitrogen and oxygen atoms in total. The first-order valence-corrected chi connectivity index (χ1v) is 4.62. The Morgan fingerprint density at radius 1 is 1.36 bits per heavy atom. The average Bonchev–Trinajstić information content (AvgIpc) is 2.14. The Hall–Kier alpha value is -1.10. The van der Waals surface area contributed by atoms with E-state index in [1.54, 1.807) is 11.9 Å². The Morgan fingerprint density at radius 3 is 2.50 bits per heavy atom. The number of rotatable bonds is 6. The number of esters is 1. The average molecular weight is 202 g/mol. The fourth-order valence-electron chi connectivity index (χ4n) is 0.906. The maximum atomic E-state index is 11.2. The summed E-state index contributed by atoms with van der Waals surface area (Å²) in [4.78, 5) is 23.6. The minimum atomic E-state index is -0.337. The van der Waals surface area contributed by atoms with Gasteiger partial charge in [-0.05, 0) is 13.5 Å². The lowest BCUT2D eigenvalue weighted by Gasteiger charge is -2.14. The molecule has 0 saturated heterocycles. The summed E-state index contributed by atoms with van der Waals surface area (Å²) < 4.78 is 4.47. The summed E-state index contributed by atoms with van der Waals surface area (Å²) in [6, 6.07) is 0. The molecule has 0 saturated carbocycles. The highest BCUT2D eigenvalue weighted by atomic mass is 16.5. The fourth-order valence-corrected chi connectivity index (χ4v) is 0.906. The predicted molar refractivity (Wildman–Crippen MR) is 52.8 cm³/mol. The van der Waals surface area contributed by atoms with Gasteiger partial charge in [0.25, 0.3) is 0 Å². The summed E-state index contributed by atoms with van der Waals surface area (Å²) in [5.74, 6) is -0.408. The first-order chi connectivity index (χ1) is 6.60. The first kappa shape index (κ1) is 12.9. The summed E-state index contributed by atoms with van der Waals surface area (Å²) >= 11 is 0. The van der Waals surface area contributed by atoms with Gasteiger partial charge in [-0.1, -0.05) is 6.92 Å². The third-order valence-electron chi connectivity index (χ3n) is 1.61. The number of nitrogens with zero attached hydrogens (tertiary/aromatic N) is 1. The largest absolute Gasteiger partial charge is 0.468 e. The number of carbonyl (C=O) groups is 2. The number of hydrogen-bond acceptors (Lipinski definition) is 4. The monoisotopic (exact) mass is 202 g/mol. The van der Waals surface area contributed by atoms with Gasteiger partial charge >= 0.3 is 5.97 Å². The van der Waals surface area contributed by atoms with Crippen LogP contribution in [0.1, 0.15) is 13.3 Å². The SMILES string of the molecule is CCCNC(=O)CN(C)CC(=O)OC. The molecule has 0 aliphatic rings. The number of hydrogen-bond donors (Lipinski definition) is 1. The quantitative estimate of drug-likeness (QED) is 0.596. The standard InChI is InChI=1S/C9H18N2O3/c1-4-5-10-8(12)6-11(2)7-9(13)14-3/h4-7H2,1-3H3,(H,10,12). The van der Waals surface area contributed by atoms with Gasteiger partial charge in [0.2, 0.25) is 5.91 Å². The first-order valence-electron chi connectivity index (χ1n) is 4.62. The van der Waals surface area contributed by atoms with Crippen LogP contribution in [0.2, 0.25) is 0 Å². The van der Waals surface area contributed by atoms with Crippen molar-refractivity contribution in [3.63, 3.8) is 0 Å². The minimum Gasteiger partial charge on any atom is -0.468 e. The van der Waals surface area contributed by atoms with Crippen LogP contribution in [-0.2, 0) is 14.3 Å². The van der Waals surface area contributed by atoms with Gasteiger partial charge in [-0.25, -0.2) is 0 Å². The molecule has 0 aliphatic carbocycles. The maximum absolute atomic E-state index is 11.2. The highest BCUT2D eigenvalue weighted by Gasteiger charge is 2.09. The van der Waals surface area contributed by atoms with Crippen molar-refractivity contribution >= 4 is 11.9 Å². The van der Waals surface area contributed by atoms with Gasteiger partial charge in [0.05, 0.1) is 20.2 Å². The fraction of sp³-hybridized carbons (Fsp3) is 0.778. The molecule has 0 radical (unpaired) electrons. The molecule has 1 N–H and O–H groups in total. The number of likely N-dealkylation sites (N-methyl/N-ethyl adjacent to an activating group) is 1. The van der Waals surface area contributed by atoms with E-state index in [2.05, 4.69) is 10.1 Å². The van der Waals surface area contributed by atoms with Crippen LogP contribution in [0.4, 0.5) is 0 Å². The molecular weight excluding hydrogens is 184 g/mol. The molecule has 0 atom stereocenters. The molecule has 0 heterocycles. The number of methoxy groups -OCH3 is 1. The number of carbonyl (C=O) groups excluding carboxylic acids is 2. The van der Waals surface area contributed by atoms with Crippen molar-refractivity contribution in [2.24, 2.45) is 0 Å². The van der Waals surface area contributed by atoms with Crippen LogP contribution >= 0.6 is 0 Å². The molecule has 0 spiro atoms. The molecule has 82 valence electrons. The lowest BCUT2D eigenvalue weighted by atomic mass is 10.4. The Balaban J connectivity index is 3.65. The molecule has 5 heteroatoms. The van der Waals surface area contributed by atoms with E-state index in [1.165, 1.54) is 7.11 Å². The van der Waals surface area contributed by atoms with E-state index in [1.807, 2.05) is 6.92 Å². The summed E-state index contributed by atoms with van der Waals surface area (Å²) in [6.45, 7) is 3.01. The Bertz CT molecular complexity index is 194. The van der Waals surface area contributed by atoms with E-state index < -0.39 is 0 Å². The maximum Gasteiger partial charge on any atom is 0.319 e. The van der Waals surface area contributed by atoms with Gasteiger partial charge < -0.3 is 10.1 Å². The third-order valence-corrected chi connectivity index (χ3v) is 1.61. The normalized spacial score (nSPS) is 10.0. The van der Waals surface area contributed by atoms with Crippen LogP contribution in [0, 0.1) is 0 Å².